The SMILES string of the molecule is COc1ccc([C@H](Nc2ccccn2)c2cc(C)sc2NC(=O)c2ccccc2)cc1OC. The third kappa shape index (κ3) is 5.15. The van der Waals surface area contributed by atoms with Gasteiger partial charge in [0.15, 0.2) is 11.5 Å². The minimum atomic E-state index is -0.282. The third-order valence-corrected chi connectivity index (χ3v) is 6.14. The van der Waals surface area contributed by atoms with Crippen LogP contribution in [-0.4, -0.2) is 25.1 Å². The van der Waals surface area contributed by atoms with E-state index in [2.05, 4.69) is 21.7 Å². The van der Waals surface area contributed by atoms with Crippen LogP contribution in [0.25, 0.3) is 0 Å². The molecule has 0 fully saturated rings. The Morgan fingerprint density at radius 2 is 1.70 bits per heavy atom. The van der Waals surface area contributed by atoms with Crippen molar-refractivity contribution in [2.24, 2.45) is 0 Å². The number of methoxy groups -OCH3 is 2. The Labute approximate surface area is 197 Å². The maximum absolute atomic E-state index is 12.9. The Kier molecular flexibility index (Phi) is 6.90. The number of anilines is 2. The summed E-state index contributed by atoms with van der Waals surface area (Å²) in [7, 11) is 3.23. The van der Waals surface area contributed by atoms with Crippen LogP contribution >= 0.6 is 11.3 Å². The van der Waals surface area contributed by atoms with Crippen molar-refractivity contribution in [2.75, 3.05) is 24.9 Å². The Morgan fingerprint density at radius 3 is 2.39 bits per heavy atom. The number of carbonyl (C=O) groups excluding carboxylic acids is 1. The van der Waals surface area contributed by atoms with Crippen molar-refractivity contribution >= 4 is 28.1 Å². The summed E-state index contributed by atoms with van der Waals surface area (Å²) in [5, 5.41) is 7.40. The standard InChI is InChI=1S/C26H25N3O3S/c1-17-15-20(26(33-17)29-25(30)18-9-5-4-6-10-18)24(28-23-11-7-8-14-27-23)19-12-13-21(31-2)22(16-19)32-3/h4-16,24H,1-3H3,(H,27,28)(H,29,30)/t24-/m0/s1. The van der Waals surface area contributed by atoms with Crippen LogP contribution in [0.3, 0.4) is 0 Å². The van der Waals surface area contributed by atoms with Gasteiger partial charge in [0.25, 0.3) is 5.91 Å². The molecule has 0 bridgehead atoms. The lowest BCUT2D eigenvalue weighted by molar-refractivity contribution is 0.102. The number of thiophene rings is 1. The predicted octanol–water partition coefficient (Wildman–Crippen LogP) is 5.92. The first-order valence-corrected chi connectivity index (χ1v) is 11.3. The van der Waals surface area contributed by atoms with Crippen LogP contribution in [0.15, 0.2) is 79.0 Å². The van der Waals surface area contributed by atoms with E-state index >= 15 is 0 Å². The molecule has 4 aromatic rings. The van der Waals surface area contributed by atoms with E-state index in [4.69, 9.17) is 9.47 Å². The van der Waals surface area contributed by atoms with E-state index in [-0.39, 0.29) is 11.9 Å². The smallest absolute Gasteiger partial charge is 0.256 e. The van der Waals surface area contributed by atoms with Crippen molar-refractivity contribution in [1.29, 1.82) is 0 Å². The van der Waals surface area contributed by atoms with E-state index in [1.807, 2.05) is 61.5 Å². The zero-order valence-corrected chi connectivity index (χ0v) is 19.5. The zero-order chi connectivity index (χ0) is 23.2. The van der Waals surface area contributed by atoms with Crippen molar-refractivity contribution in [3.05, 3.63) is 101 Å². The number of pyridine rings is 1. The summed E-state index contributed by atoms with van der Waals surface area (Å²) in [4.78, 5) is 18.4. The molecule has 33 heavy (non-hydrogen) atoms. The quantitative estimate of drug-likeness (QED) is 0.342. The highest BCUT2D eigenvalue weighted by atomic mass is 32.1. The summed E-state index contributed by atoms with van der Waals surface area (Å²) in [6.45, 7) is 2.03. The average Bonchev–Trinajstić information content (AvgIpc) is 3.22. The fourth-order valence-electron chi connectivity index (χ4n) is 3.58. The summed E-state index contributed by atoms with van der Waals surface area (Å²) in [5.41, 5.74) is 2.50. The lowest BCUT2D eigenvalue weighted by atomic mass is 9.99. The Hall–Kier alpha value is -3.84. The van der Waals surface area contributed by atoms with Crippen molar-refractivity contribution in [3.8, 4) is 11.5 Å². The lowest BCUT2D eigenvalue weighted by Gasteiger charge is -2.22. The molecule has 2 N–H and O–H groups in total. The van der Waals surface area contributed by atoms with Gasteiger partial charge < -0.3 is 20.1 Å². The second-order valence-electron chi connectivity index (χ2n) is 7.37. The molecule has 0 saturated heterocycles. The van der Waals surface area contributed by atoms with Crippen molar-refractivity contribution in [1.82, 2.24) is 4.98 Å². The molecule has 0 unspecified atom stereocenters. The second kappa shape index (κ2) is 10.2. The minimum absolute atomic E-state index is 0.150. The van der Waals surface area contributed by atoms with Crippen molar-refractivity contribution < 1.29 is 14.3 Å². The molecule has 4 rings (SSSR count). The first kappa shape index (κ1) is 22.4. The first-order chi connectivity index (χ1) is 16.1. The minimum Gasteiger partial charge on any atom is -0.493 e. The monoisotopic (exact) mass is 459 g/mol. The lowest BCUT2D eigenvalue weighted by Crippen LogP contribution is -2.17. The topological polar surface area (TPSA) is 72.5 Å². The molecule has 0 spiro atoms. The van der Waals surface area contributed by atoms with Crippen LogP contribution in [0, 0.1) is 6.92 Å². The van der Waals surface area contributed by atoms with Crippen LogP contribution in [0.1, 0.15) is 32.4 Å². The fourth-order valence-corrected chi connectivity index (χ4v) is 4.53. The number of ether oxygens (including phenoxy) is 2. The average molecular weight is 460 g/mol. The van der Waals surface area contributed by atoms with Gasteiger partial charge in [-0.3, -0.25) is 4.79 Å². The Morgan fingerprint density at radius 1 is 0.939 bits per heavy atom. The van der Waals surface area contributed by atoms with Gasteiger partial charge in [-0.15, -0.1) is 11.3 Å². The molecule has 1 atom stereocenters. The van der Waals surface area contributed by atoms with E-state index in [1.165, 1.54) is 0 Å². The number of hydrogen-bond donors (Lipinski definition) is 2. The van der Waals surface area contributed by atoms with Crippen LogP contribution < -0.4 is 20.1 Å². The van der Waals surface area contributed by atoms with Gasteiger partial charge in [-0.2, -0.15) is 0 Å². The molecule has 0 saturated carbocycles. The van der Waals surface area contributed by atoms with Crippen molar-refractivity contribution in [2.45, 2.75) is 13.0 Å². The number of amides is 1. The van der Waals surface area contributed by atoms with E-state index in [0.717, 1.165) is 26.8 Å². The van der Waals surface area contributed by atoms with Crippen LogP contribution in [0.5, 0.6) is 11.5 Å². The summed E-state index contributed by atoms with van der Waals surface area (Å²) in [6.07, 6.45) is 1.74. The molecule has 2 heterocycles. The van der Waals surface area contributed by atoms with E-state index in [1.54, 1.807) is 43.9 Å². The maximum atomic E-state index is 12.9. The molecule has 0 aliphatic rings. The summed E-state index contributed by atoms with van der Waals surface area (Å²) in [5.74, 6) is 1.85. The molecule has 1 amide bonds. The van der Waals surface area contributed by atoms with Gasteiger partial charge in [0.1, 0.15) is 10.8 Å². The van der Waals surface area contributed by atoms with Gasteiger partial charge in [0, 0.05) is 22.2 Å². The van der Waals surface area contributed by atoms with Crippen LogP contribution in [0.4, 0.5) is 10.8 Å². The number of benzene rings is 2. The van der Waals surface area contributed by atoms with Gasteiger partial charge in [0.05, 0.1) is 20.3 Å². The first-order valence-electron chi connectivity index (χ1n) is 10.4. The van der Waals surface area contributed by atoms with Gasteiger partial charge in [0.2, 0.25) is 0 Å². The highest BCUT2D eigenvalue weighted by molar-refractivity contribution is 7.16. The molecule has 0 aliphatic carbocycles. The number of carbonyl (C=O) groups is 1. The molecule has 0 aliphatic heterocycles. The zero-order valence-electron chi connectivity index (χ0n) is 18.7. The molecular formula is C26H25N3O3S. The normalized spacial score (nSPS) is 11.5. The maximum Gasteiger partial charge on any atom is 0.256 e. The van der Waals surface area contributed by atoms with Crippen LogP contribution in [-0.2, 0) is 0 Å². The van der Waals surface area contributed by atoms with E-state index < -0.39 is 0 Å². The second-order valence-corrected chi connectivity index (χ2v) is 8.62. The summed E-state index contributed by atoms with van der Waals surface area (Å²) >= 11 is 1.54. The number of aromatic nitrogens is 1. The molecule has 0 radical (unpaired) electrons. The Balaban J connectivity index is 1.76. The Bertz CT molecular complexity index is 1230. The van der Waals surface area contributed by atoms with Gasteiger partial charge in [-0.05, 0) is 55.0 Å². The number of rotatable bonds is 8. The summed E-state index contributed by atoms with van der Waals surface area (Å²) < 4.78 is 10.9. The number of nitrogens with one attached hydrogen (secondary N) is 2. The fraction of sp³-hybridized carbons (Fsp3) is 0.154. The van der Waals surface area contributed by atoms with E-state index in [9.17, 15) is 4.79 Å². The highest BCUT2D eigenvalue weighted by Crippen LogP contribution is 2.40. The molecular weight excluding hydrogens is 434 g/mol. The predicted molar refractivity (Wildman–Crippen MR) is 133 cm³/mol. The summed E-state index contributed by atoms with van der Waals surface area (Å²) in [6, 6.07) is 22.5. The molecule has 7 heteroatoms. The molecule has 168 valence electrons. The highest BCUT2D eigenvalue weighted by Gasteiger charge is 2.23. The van der Waals surface area contributed by atoms with Crippen molar-refractivity contribution in [3.63, 3.8) is 0 Å². The van der Waals surface area contributed by atoms with Gasteiger partial charge >= 0.3 is 0 Å². The van der Waals surface area contributed by atoms with Gasteiger partial charge in [-0.25, -0.2) is 4.98 Å². The van der Waals surface area contributed by atoms with E-state index in [0.29, 0.717) is 17.1 Å². The number of nitrogens with zero attached hydrogens (tertiary/aromatic N) is 1. The number of aryl methyl sites for hydroxylation is 1. The molecule has 2 aromatic carbocycles. The number of hydrogen-bond acceptors (Lipinski definition) is 6. The molecule has 2 aromatic heterocycles. The molecule has 6 nitrogen and oxygen atoms in total. The third-order valence-electron chi connectivity index (χ3n) is 5.16. The van der Waals surface area contributed by atoms with Crippen LogP contribution in [0.2, 0.25) is 0 Å². The van der Waals surface area contributed by atoms with Gasteiger partial charge in [-0.1, -0.05) is 30.3 Å². The largest absolute Gasteiger partial charge is 0.493 e.